The molecule has 1 heterocycles. The third kappa shape index (κ3) is 9.88. The highest BCUT2D eigenvalue weighted by molar-refractivity contribution is 7.17. The van der Waals surface area contributed by atoms with Crippen LogP contribution in [0.3, 0.4) is 0 Å². The predicted molar refractivity (Wildman–Crippen MR) is 110 cm³/mol. The van der Waals surface area contributed by atoms with Crippen molar-refractivity contribution < 1.29 is 23.9 Å². The highest BCUT2D eigenvalue weighted by Gasteiger charge is 2.23. The van der Waals surface area contributed by atoms with Gasteiger partial charge >= 0.3 is 6.09 Å². The first-order chi connectivity index (χ1) is 13.5. The van der Waals surface area contributed by atoms with E-state index in [2.05, 4.69) is 26.3 Å². The van der Waals surface area contributed by atoms with Crippen LogP contribution in [-0.2, 0) is 14.3 Å². The summed E-state index contributed by atoms with van der Waals surface area (Å²) < 4.78 is 5.09. The average molecular weight is 428 g/mol. The van der Waals surface area contributed by atoms with Crippen molar-refractivity contribution in [2.75, 3.05) is 18.4 Å². The van der Waals surface area contributed by atoms with E-state index in [9.17, 15) is 19.2 Å². The first-order valence-electron chi connectivity index (χ1n) is 9.24. The van der Waals surface area contributed by atoms with Gasteiger partial charge in [-0.05, 0) is 41.0 Å². The minimum Gasteiger partial charge on any atom is -0.444 e. The van der Waals surface area contributed by atoms with Crippen molar-refractivity contribution in [1.82, 2.24) is 20.9 Å². The van der Waals surface area contributed by atoms with Crippen LogP contribution in [0.15, 0.2) is 6.20 Å². The SMILES string of the molecule is C[C@H](NC(=O)OC(C)(C)C)C(=O)N[C@@H](C)C(=O)NCCCNc1ncc(C=O)s1. The minimum absolute atomic E-state index is 0.333. The van der Waals surface area contributed by atoms with Crippen LogP contribution in [0, 0.1) is 0 Å². The van der Waals surface area contributed by atoms with Crippen LogP contribution in [0.1, 0.15) is 50.7 Å². The lowest BCUT2D eigenvalue weighted by Gasteiger charge is -2.22. The van der Waals surface area contributed by atoms with Gasteiger partial charge in [0, 0.05) is 13.1 Å². The normalized spacial score (nSPS) is 13.0. The standard InChI is InChI=1S/C18H29N5O5S/c1-11(22-15(26)12(2)23-17(27)28-18(3,4)5)14(25)19-7-6-8-20-16-21-9-13(10-24)29-16/h9-12H,6-8H2,1-5H3,(H,19,25)(H,20,21)(H,22,26)(H,23,27)/t11-,12-/m0/s1. The van der Waals surface area contributed by atoms with Crippen LogP contribution in [0.25, 0.3) is 0 Å². The number of ether oxygens (including phenoxy) is 1. The van der Waals surface area contributed by atoms with Gasteiger partial charge in [-0.15, -0.1) is 0 Å². The molecule has 0 aliphatic heterocycles. The van der Waals surface area contributed by atoms with Crippen molar-refractivity contribution in [2.24, 2.45) is 0 Å². The van der Waals surface area contributed by atoms with E-state index in [4.69, 9.17) is 4.74 Å². The summed E-state index contributed by atoms with van der Waals surface area (Å²) in [6.45, 7) is 9.20. The molecule has 4 N–H and O–H groups in total. The number of rotatable bonds is 10. The van der Waals surface area contributed by atoms with Gasteiger partial charge < -0.3 is 26.0 Å². The topological polar surface area (TPSA) is 139 Å². The van der Waals surface area contributed by atoms with Crippen LogP contribution in [0.5, 0.6) is 0 Å². The second-order valence-corrected chi connectivity index (χ2v) is 8.42. The van der Waals surface area contributed by atoms with Crippen LogP contribution in [-0.4, -0.2) is 60.0 Å². The fourth-order valence-electron chi connectivity index (χ4n) is 2.03. The summed E-state index contributed by atoms with van der Waals surface area (Å²) in [5, 5.41) is 11.4. The molecule has 0 unspecified atom stereocenters. The summed E-state index contributed by atoms with van der Waals surface area (Å²) in [5.41, 5.74) is -0.668. The van der Waals surface area contributed by atoms with E-state index in [0.717, 1.165) is 6.29 Å². The number of hydrogen-bond donors (Lipinski definition) is 4. The Morgan fingerprint density at radius 3 is 2.38 bits per heavy atom. The number of nitrogens with one attached hydrogen (secondary N) is 4. The molecule has 1 aromatic heterocycles. The zero-order valence-electron chi connectivity index (χ0n) is 17.3. The van der Waals surface area contributed by atoms with Gasteiger partial charge in [-0.2, -0.15) is 0 Å². The molecule has 0 fully saturated rings. The molecular formula is C18H29N5O5S. The summed E-state index contributed by atoms with van der Waals surface area (Å²) in [4.78, 5) is 51.1. The number of nitrogens with zero attached hydrogens (tertiary/aromatic N) is 1. The second kappa shape index (κ2) is 11.3. The summed E-state index contributed by atoms with van der Waals surface area (Å²) in [6, 6.07) is -1.61. The van der Waals surface area contributed by atoms with E-state index in [0.29, 0.717) is 29.5 Å². The van der Waals surface area contributed by atoms with Gasteiger partial charge in [0.2, 0.25) is 11.8 Å². The smallest absolute Gasteiger partial charge is 0.408 e. The Labute approximate surface area is 174 Å². The summed E-state index contributed by atoms with van der Waals surface area (Å²) in [7, 11) is 0. The number of aromatic nitrogens is 1. The average Bonchev–Trinajstić information content (AvgIpc) is 3.07. The van der Waals surface area contributed by atoms with Gasteiger partial charge in [0.25, 0.3) is 0 Å². The second-order valence-electron chi connectivity index (χ2n) is 7.36. The fraction of sp³-hybridized carbons (Fsp3) is 0.611. The number of alkyl carbamates (subject to hydrolysis) is 1. The van der Waals surface area contributed by atoms with Gasteiger partial charge in [-0.1, -0.05) is 11.3 Å². The first-order valence-corrected chi connectivity index (χ1v) is 10.1. The lowest BCUT2D eigenvalue weighted by atomic mass is 10.2. The zero-order chi connectivity index (χ0) is 22.0. The number of carbonyl (C=O) groups excluding carboxylic acids is 4. The van der Waals surface area contributed by atoms with Crippen molar-refractivity contribution >= 4 is 40.7 Å². The summed E-state index contributed by atoms with van der Waals surface area (Å²) >= 11 is 1.25. The number of carbonyl (C=O) groups is 4. The monoisotopic (exact) mass is 427 g/mol. The maximum Gasteiger partial charge on any atom is 0.408 e. The molecule has 0 radical (unpaired) electrons. The highest BCUT2D eigenvalue weighted by atomic mass is 32.1. The third-order valence-corrected chi connectivity index (χ3v) is 4.33. The van der Waals surface area contributed by atoms with E-state index in [1.807, 2.05) is 0 Å². The van der Waals surface area contributed by atoms with E-state index < -0.39 is 29.7 Å². The van der Waals surface area contributed by atoms with Crippen molar-refractivity contribution in [3.05, 3.63) is 11.1 Å². The number of aldehydes is 1. The number of amides is 3. The Hall–Kier alpha value is -2.69. The van der Waals surface area contributed by atoms with Crippen LogP contribution >= 0.6 is 11.3 Å². The Morgan fingerprint density at radius 2 is 1.79 bits per heavy atom. The predicted octanol–water partition coefficient (Wildman–Crippen LogP) is 1.29. The molecule has 0 saturated carbocycles. The highest BCUT2D eigenvalue weighted by Crippen LogP contribution is 2.15. The molecule has 162 valence electrons. The van der Waals surface area contributed by atoms with Crippen LogP contribution in [0.2, 0.25) is 0 Å². The Morgan fingerprint density at radius 1 is 1.14 bits per heavy atom. The van der Waals surface area contributed by atoms with Gasteiger partial charge in [0.1, 0.15) is 17.7 Å². The lowest BCUT2D eigenvalue weighted by molar-refractivity contribution is -0.129. The molecular weight excluding hydrogens is 398 g/mol. The molecule has 1 aromatic rings. The largest absolute Gasteiger partial charge is 0.444 e. The quantitative estimate of drug-likeness (QED) is 0.326. The molecule has 0 bridgehead atoms. The van der Waals surface area contributed by atoms with Crippen molar-refractivity contribution in [3.8, 4) is 0 Å². The molecule has 0 aromatic carbocycles. The van der Waals surface area contributed by atoms with Crippen molar-refractivity contribution in [2.45, 2.75) is 58.7 Å². The maximum absolute atomic E-state index is 12.1. The van der Waals surface area contributed by atoms with Crippen molar-refractivity contribution in [1.29, 1.82) is 0 Å². The van der Waals surface area contributed by atoms with Gasteiger partial charge in [-0.3, -0.25) is 14.4 Å². The Bertz CT molecular complexity index is 716. The summed E-state index contributed by atoms with van der Waals surface area (Å²) in [6.07, 6.45) is 2.16. The van der Waals surface area contributed by atoms with Crippen LogP contribution in [0.4, 0.5) is 9.93 Å². The molecule has 11 heteroatoms. The molecule has 3 amide bonds. The molecule has 1 rings (SSSR count). The Kier molecular flexibility index (Phi) is 9.53. The number of hydrogen-bond acceptors (Lipinski definition) is 8. The molecule has 2 atom stereocenters. The molecule has 29 heavy (non-hydrogen) atoms. The minimum atomic E-state index is -0.848. The van der Waals surface area contributed by atoms with E-state index >= 15 is 0 Å². The van der Waals surface area contributed by atoms with Gasteiger partial charge in [0.05, 0.1) is 11.1 Å². The number of anilines is 1. The molecule has 0 saturated heterocycles. The van der Waals surface area contributed by atoms with Gasteiger partial charge in [-0.25, -0.2) is 9.78 Å². The van der Waals surface area contributed by atoms with Gasteiger partial charge in [0.15, 0.2) is 11.4 Å². The fourth-order valence-corrected chi connectivity index (χ4v) is 2.68. The third-order valence-electron chi connectivity index (χ3n) is 3.45. The molecule has 0 spiro atoms. The Balaban J connectivity index is 2.25. The van der Waals surface area contributed by atoms with E-state index in [1.54, 1.807) is 27.7 Å². The maximum atomic E-state index is 12.1. The first kappa shape index (κ1) is 24.3. The zero-order valence-corrected chi connectivity index (χ0v) is 18.1. The molecule has 0 aliphatic rings. The van der Waals surface area contributed by atoms with E-state index in [1.165, 1.54) is 24.5 Å². The number of thiazole rings is 1. The van der Waals surface area contributed by atoms with Crippen LogP contribution < -0.4 is 21.3 Å². The summed E-state index contributed by atoms with van der Waals surface area (Å²) in [5.74, 6) is -0.824. The van der Waals surface area contributed by atoms with Crippen molar-refractivity contribution in [3.63, 3.8) is 0 Å². The molecule has 10 nitrogen and oxygen atoms in total. The lowest BCUT2D eigenvalue weighted by Crippen LogP contribution is -2.52. The van der Waals surface area contributed by atoms with E-state index in [-0.39, 0.29) is 5.91 Å². The molecule has 0 aliphatic carbocycles.